The lowest BCUT2D eigenvalue weighted by molar-refractivity contribution is -0.137. The highest BCUT2D eigenvalue weighted by Crippen LogP contribution is 2.33. The van der Waals surface area contributed by atoms with Gasteiger partial charge in [0.1, 0.15) is 0 Å². The lowest BCUT2D eigenvalue weighted by Gasteiger charge is -2.22. The predicted molar refractivity (Wildman–Crippen MR) is 95.8 cm³/mol. The zero-order chi connectivity index (χ0) is 20.9. The van der Waals surface area contributed by atoms with Crippen molar-refractivity contribution < 1.29 is 26.4 Å². The third-order valence-electron chi connectivity index (χ3n) is 3.81. The molecule has 1 amide bonds. The first-order valence-corrected chi connectivity index (χ1v) is 9.53. The van der Waals surface area contributed by atoms with E-state index in [9.17, 15) is 26.4 Å². The number of hydrogen-bond acceptors (Lipinski definition) is 5. The number of carbonyl (C=O) groups is 1. The SMILES string of the molecule is CCN(CC(=O)NS(=O)(=O)c1ccc(C#N)c(C(F)(F)F)c1)c1ccccc1. The molecule has 148 valence electrons. The molecule has 28 heavy (non-hydrogen) atoms. The quantitative estimate of drug-likeness (QED) is 0.789. The molecule has 0 aliphatic carbocycles. The molecule has 0 unspecified atom stereocenters. The number of nitriles is 1. The van der Waals surface area contributed by atoms with Crippen LogP contribution in [0.15, 0.2) is 53.4 Å². The molecular formula is C18H16F3N3O3S. The predicted octanol–water partition coefficient (Wildman–Crippen LogP) is 2.91. The van der Waals surface area contributed by atoms with Crippen LogP contribution < -0.4 is 9.62 Å². The van der Waals surface area contributed by atoms with E-state index >= 15 is 0 Å². The van der Waals surface area contributed by atoms with Crippen molar-refractivity contribution >= 4 is 21.6 Å². The minimum atomic E-state index is -4.91. The van der Waals surface area contributed by atoms with Crippen LogP contribution in [0.3, 0.4) is 0 Å². The van der Waals surface area contributed by atoms with E-state index in [1.165, 1.54) is 6.07 Å². The zero-order valence-electron chi connectivity index (χ0n) is 14.7. The average Bonchev–Trinajstić information content (AvgIpc) is 2.65. The zero-order valence-corrected chi connectivity index (χ0v) is 15.5. The van der Waals surface area contributed by atoms with Gasteiger partial charge in [0.25, 0.3) is 15.9 Å². The monoisotopic (exact) mass is 411 g/mol. The van der Waals surface area contributed by atoms with Crippen molar-refractivity contribution in [2.75, 3.05) is 18.0 Å². The minimum absolute atomic E-state index is 0.303. The smallest absolute Gasteiger partial charge is 0.362 e. The lowest BCUT2D eigenvalue weighted by atomic mass is 10.1. The number of nitrogens with one attached hydrogen (secondary N) is 1. The molecule has 0 fully saturated rings. The fourth-order valence-corrected chi connectivity index (χ4v) is 3.46. The van der Waals surface area contributed by atoms with Crippen LogP contribution in [0.5, 0.6) is 0 Å². The molecule has 10 heteroatoms. The highest BCUT2D eigenvalue weighted by Gasteiger charge is 2.35. The summed E-state index contributed by atoms with van der Waals surface area (Å²) in [6, 6.07) is 12.1. The Morgan fingerprint density at radius 2 is 1.82 bits per heavy atom. The summed E-state index contributed by atoms with van der Waals surface area (Å²) >= 11 is 0. The van der Waals surface area contributed by atoms with Gasteiger partial charge in [-0.2, -0.15) is 18.4 Å². The summed E-state index contributed by atoms with van der Waals surface area (Å²) in [7, 11) is -4.54. The molecule has 0 bridgehead atoms. The molecule has 0 radical (unpaired) electrons. The summed E-state index contributed by atoms with van der Waals surface area (Å²) in [6.45, 7) is 1.87. The molecule has 0 saturated heterocycles. The maximum Gasteiger partial charge on any atom is 0.417 e. The van der Waals surface area contributed by atoms with E-state index in [1.807, 2.05) is 0 Å². The van der Waals surface area contributed by atoms with Crippen molar-refractivity contribution in [3.8, 4) is 6.07 Å². The minimum Gasteiger partial charge on any atom is -0.362 e. The van der Waals surface area contributed by atoms with Crippen LogP contribution in [0, 0.1) is 11.3 Å². The Morgan fingerprint density at radius 1 is 1.18 bits per heavy atom. The second kappa shape index (κ2) is 8.31. The maximum absolute atomic E-state index is 13.0. The summed E-state index contributed by atoms with van der Waals surface area (Å²) < 4.78 is 65.5. The number of alkyl halides is 3. The number of nitrogens with zero attached hydrogens (tertiary/aromatic N) is 2. The number of carbonyl (C=O) groups excluding carboxylic acids is 1. The molecule has 2 rings (SSSR count). The molecule has 1 N–H and O–H groups in total. The highest BCUT2D eigenvalue weighted by atomic mass is 32.2. The van der Waals surface area contributed by atoms with E-state index in [-0.39, 0.29) is 6.54 Å². The van der Waals surface area contributed by atoms with Gasteiger partial charge in [-0.15, -0.1) is 0 Å². The molecule has 0 atom stereocenters. The molecular weight excluding hydrogens is 395 g/mol. The van der Waals surface area contributed by atoms with Gasteiger partial charge in [0.05, 0.1) is 28.6 Å². The molecule has 0 aliphatic heterocycles. The van der Waals surface area contributed by atoms with Crippen molar-refractivity contribution in [1.82, 2.24) is 4.72 Å². The van der Waals surface area contributed by atoms with Crippen molar-refractivity contribution in [3.63, 3.8) is 0 Å². The van der Waals surface area contributed by atoms with E-state index in [1.54, 1.807) is 46.9 Å². The molecule has 0 saturated carbocycles. The van der Waals surface area contributed by atoms with Crippen molar-refractivity contribution in [1.29, 1.82) is 5.26 Å². The third kappa shape index (κ3) is 5.01. The second-order valence-corrected chi connectivity index (χ2v) is 7.38. The standard InChI is InChI=1S/C18H16F3N3O3S/c1-2-24(14-6-4-3-5-7-14)12-17(25)23-28(26,27)15-9-8-13(11-22)16(10-15)18(19,20)21/h3-10H,2,12H2,1H3,(H,23,25). The third-order valence-corrected chi connectivity index (χ3v) is 5.18. The summed E-state index contributed by atoms with van der Waals surface area (Å²) in [6.07, 6.45) is -4.91. The van der Waals surface area contributed by atoms with Gasteiger partial charge < -0.3 is 4.90 Å². The van der Waals surface area contributed by atoms with Gasteiger partial charge in [0.2, 0.25) is 0 Å². The van der Waals surface area contributed by atoms with Gasteiger partial charge in [-0.25, -0.2) is 13.1 Å². The average molecular weight is 411 g/mol. The number of benzene rings is 2. The van der Waals surface area contributed by atoms with Gasteiger partial charge in [-0.05, 0) is 37.3 Å². The van der Waals surface area contributed by atoms with Crippen LogP contribution in [0.25, 0.3) is 0 Å². The number of amides is 1. The summed E-state index contributed by atoms with van der Waals surface area (Å²) in [5.41, 5.74) is -1.40. The second-order valence-electron chi connectivity index (χ2n) is 5.70. The largest absolute Gasteiger partial charge is 0.417 e. The molecule has 0 aromatic heterocycles. The van der Waals surface area contributed by atoms with Gasteiger partial charge in [-0.3, -0.25) is 4.79 Å². The Kier molecular flexibility index (Phi) is 6.30. The first kappa shape index (κ1) is 21.2. The Bertz CT molecular complexity index is 1000. The number of rotatable bonds is 6. The molecule has 6 nitrogen and oxygen atoms in total. The normalized spacial score (nSPS) is 11.5. The van der Waals surface area contributed by atoms with E-state index in [4.69, 9.17) is 5.26 Å². The van der Waals surface area contributed by atoms with Crippen LogP contribution in [0.1, 0.15) is 18.1 Å². The van der Waals surface area contributed by atoms with Gasteiger partial charge in [0, 0.05) is 12.2 Å². The summed E-state index contributed by atoms with van der Waals surface area (Å²) in [5, 5.41) is 8.78. The van der Waals surface area contributed by atoms with Crippen molar-refractivity contribution in [2.45, 2.75) is 18.0 Å². The Labute approximate surface area is 160 Å². The number of halogens is 3. The Hall–Kier alpha value is -3.06. The van der Waals surface area contributed by atoms with Crippen molar-refractivity contribution in [2.24, 2.45) is 0 Å². The number of hydrogen-bond donors (Lipinski definition) is 1. The highest BCUT2D eigenvalue weighted by molar-refractivity contribution is 7.90. The van der Waals surface area contributed by atoms with E-state index in [0.717, 1.165) is 12.1 Å². The first-order chi connectivity index (χ1) is 13.1. The van der Waals surface area contributed by atoms with Crippen LogP contribution in [0.4, 0.5) is 18.9 Å². The Balaban J connectivity index is 2.24. The van der Waals surface area contributed by atoms with E-state index in [0.29, 0.717) is 18.3 Å². The molecule has 0 heterocycles. The molecule has 2 aromatic rings. The first-order valence-electron chi connectivity index (χ1n) is 8.05. The molecule has 2 aromatic carbocycles. The number of sulfonamides is 1. The Morgan fingerprint density at radius 3 is 2.36 bits per heavy atom. The van der Waals surface area contributed by atoms with Crippen LogP contribution in [-0.4, -0.2) is 27.4 Å². The van der Waals surface area contributed by atoms with E-state index < -0.39 is 38.1 Å². The van der Waals surface area contributed by atoms with Crippen LogP contribution in [-0.2, 0) is 21.0 Å². The van der Waals surface area contributed by atoms with E-state index in [2.05, 4.69) is 0 Å². The maximum atomic E-state index is 13.0. The number of likely N-dealkylation sites (N-methyl/N-ethyl adjacent to an activating group) is 1. The lowest BCUT2D eigenvalue weighted by Crippen LogP contribution is -2.40. The number of anilines is 1. The summed E-state index contributed by atoms with van der Waals surface area (Å²) in [5.74, 6) is -0.899. The molecule has 0 aliphatic rings. The fraction of sp³-hybridized carbons (Fsp3) is 0.222. The van der Waals surface area contributed by atoms with Gasteiger partial charge >= 0.3 is 6.18 Å². The van der Waals surface area contributed by atoms with Gasteiger partial charge in [0.15, 0.2) is 0 Å². The van der Waals surface area contributed by atoms with Crippen molar-refractivity contribution in [3.05, 3.63) is 59.7 Å². The topological polar surface area (TPSA) is 90.3 Å². The van der Waals surface area contributed by atoms with Crippen LogP contribution >= 0.6 is 0 Å². The molecule has 0 spiro atoms. The summed E-state index contributed by atoms with van der Waals surface area (Å²) in [4.78, 5) is 13.0. The number of para-hydroxylation sites is 1. The van der Waals surface area contributed by atoms with Gasteiger partial charge in [-0.1, -0.05) is 18.2 Å². The van der Waals surface area contributed by atoms with Crippen LogP contribution in [0.2, 0.25) is 0 Å². The fourth-order valence-electron chi connectivity index (χ4n) is 2.46.